The molecule has 3 heteroatoms. The molecular formula is C9H15N3. The minimum Gasteiger partial charge on any atom is -0.363 e. The molecule has 2 rings (SSSR count). The van der Waals surface area contributed by atoms with Gasteiger partial charge < -0.3 is 4.98 Å². The predicted molar refractivity (Wildman–Crippen MR) is 48.8 cm³/mol. The van der Waals surface area contributed by atoms with Gasteiger partial charge in [-0.3, -0.25) is 9.80 Å². The van der Waals surface area contributed by atoms with E-state index < -0.39 is 0 Å². The molecule has 0 saturated carbocycles. The first kappa shape index (κ1) is 7.83. The van der Waals surface area contributed by atoms with Crippen molar-refractivity contribution in [1.82, 2.24) is 14.8 Å². The van der Waals surface area contributed by atoms with Gasteiger partial charge in [0, 0.05) is 25.0 Å². The van der Waals surface area contributed by atoms with Crippen LogP contribution in [0, 0.1) is 0 Å². The van der Waals surface area contributed by atoms with Crippen molar-refractivity contribution in [3.05, 3.63) is 24.0 Å². The zero-order chi connectivity index (χ0) is 8.55. The van der Waals surface area contributed by atoms with Crippen molar-refractivity contribution < 1.29 is 0 Å². The van der Waals surface area contributed by atoms with Gasteiger partial charge in [0.25, 0.3) is 0 Å². The molecule has 1 aromatic heterocycles. The van der Waals surface area contributed by atoms with Crippen molar-refractivity contribution >= 4 is 0 Å². The maximum absolute atomic E-state index is 3.26. The number of hydrogen-bond donors (Lipinski definition) is 1. The molecule has 0 aromatic carbocycles. The Balaban J connectivity index is 2.22. The first-order chi connectivity index (χ1) is 5.79. The molecule has 1 N–H and O–H groups in total. The van der Waals surface area contributed by atoms with E-state index in [1.807, 2.05) is 6.20 Å². The third-order valence-electron chi connectivity index (χ3n) is 2.54. The molecule has 0 radical (unpaired) electrons. The Kier molecular flexibility index (Phi) is 1.90. The van der Waals surface area contributed by atoms with E-state index in [4.69, 9.17) is 0 Å². The van der Waals surface area contributed by atoms with E-state index in [1.54, 1.807) is 0 Å². The van der Waals surface area contributed by atoms with Crippen LogP contribution >= 0.6 is 0 Å². The predicted octanol–water partition coefficient (Wildman–Crippen LogP) is 0.890. The number of nitrogens with one attached hydrogen (secondary N) is 1. The summed E-state index contributed by atoms with van der Waals surface area (Å²) in [6.07, 6.45) is 2.43. The Labute approximate surface area is 73.0 Å². The summed E-state index contributed by atoms with van der Waals surface area (Å²) >= 11 is 0. The minimum atomic E-state index is 0.444. The average molecular weight is 165 g/mol. The van der Waals surface area contributed by atoms with Crippen LogP contribution in [0.5, 0.6) is 0 Å². The van der Waals surface area contributed by atoms with Crippen molar-refractivity contribution in [2.45, 2.75) is 6.17 Å². The highest BCUT2D eigenvalue weighted by Gasteiger charge is 2.27. The molecular weight excluding hydrogens is 150 g/mol. The van der Waals surface area contributed by atoms with Crippen molar-refractivity contribution in [2.24, 2.45) is 0 Å². The van der Waals surface area contributed by atoms with E-state index in [2.05, 4.69) is 41.0 Å². The van der Waals surface area contributed by atoms with Crippen LogP contribution < -0.4 is 0 Å². The normalized spacial score (nSPS) is 22.2. The van der Waals surface area contributed by atoms with E-state index in [9.17, 15) is 0 Å². The molecule has 0 unspecified atom stereocenters. The second-order valence-corrected chi connectivity index (χ2v) is 3.46. The lowest BCUT2D eigenvalue weighted by Crippen LogP contribution is -2.25. The molecule has 0 amide bonds. The van der Waals surface area contributed by atoms with Crippen LogP contribution in [0.15, 0.2) is 18.3 Å². The van der Waals surface area contributed by atoms with Gasteiger partial charge in [-0.1, -0.05) is 0 Å². The summed E-state index contributed by atoms with van der Waals surface area (Å²) in [6, 6.07) is 4.19. The highest BCUT2D eigenvalue weighted by Crippen LogP contribution is 2.24. The van der Waals surface area contributed by atoms with Crippen LogP contribution in [0.3, 0.4) is 0 Å². The second-order valence-electron chi connectivity index (χ2n) is 3.46. The molecule has 1 fully saturated rings. The quantitative estimate of drug-likeness (QED) is 0.667. The van der Waals surface area contributed by atoms with E-state index in [0.717, 1.165) is 13.1 Å². The molecule has 66 valence electrons. The Morgan fingerprint density at radius 2 is 2.00 bits per heavy atom. The van der Waals surface area contributed by atoms with Gasteiger partial charge in [-0.25, -0.2) is 0 Å². The fourth-order valence-electron chi connectivity index (χ4n) is 1.88. The van der Waals surface area contributed by atoms with E-state index in [-0.39, 0.29) is 0 Å². The lowest BCUT2D eigenvalue weighted by Gasteiger charge is -2.23. The first-order valence-electron chi connectivity index (χ1n) is 4.33. The van der Waals surface area contributed by atoms with Crippen LogP contribution in [0.25, 0.3) is 0 Å². The smallest absolute Gasteiger partial charge is 0.103 e. The number of aromatic amines is 1. The van der Waals surface area contributed by atoms with Crippen LogP contribution in [0.2, 0.25) is 0 Å². The van der Waals surface area contributed by atoms with Crippen LogP contribution in [-0.4, -0.2) is 42.0 Å². The number of H-pyrrole nitrogens is 1. The third kappa shape index (κ3) is 1.15. The molecule has 1 aromatic rings. The first-order valence-corrected chi connectivity index (χ1v) is 4.33. The molecule has 1 aliphatic rings. The Hall–Kier alpha value is -0.800. The molecule has 1 aliphatic heterocycles. The molecule has 0 bridgehead atoms. The van der Waals surface area contributed by atoms with Crippen molar-refractivity contribution in [1.29, 1.82) is 0 Å². The SMILES string of the molecule is CN1CCN(C)C1c1ccc[nH]1. The van der Waals surface area contributed by atoms with Gasteiger partial charge in [-0.15, -0.1) is 0 Å². The summed E-state index contributed by atoms with van der Waals surface area (Å²) in [6.45, 7) is 2.31. The average Bonchev–Trinajstić information content (AvgIpc) is 2.61. The summed E-state index contributed by atoms with van der Waals surface area (Å²) in [7, 11) is 4.32. The third-order valence-corrected chi connectivity index (χ3v) is 2.54. The maximum Gasteiger partial charge on any atom is 0.103 e. The number of rotatable bonds is 1. The van der Waals surface area contributed by atoms with Crippen molar-refractivity contribution in [2.75, 3.05) is 27.2 Å². The lowest BCUT2D eigenvalue weighted by atomic mass is 10.3. The van der Waals surface area contributed by atoms with E-state index >= 15 is 0 Å². The Morgan fingerprint density at radius 1 is 1.33 bits per heavy atom. The van der Waals surface area contributed by atoms with Crippen LogP contribution in [0.1, 0.15) is 11.9 Å². The Morgan fingerprint density at radius 3 is 2.50 bits per heavy atom. The molecule has 3 nitrogen and oxygen atoms in total. The van der Waals surface area contributed by atoms with Gasteiger partial charge in [-0.2, -0.15) is 0 Å². The van der Waals surface area contributed by atoms with Crippen LogP contribution in [0.4, 0.5) is 0 Å². The molecule has 2 heterocycles. The van der Waals surface area contributed by atoms with Gasteiger partial charge in [0.05, 0.1) is 0 Å². The summed E-state index contributed by atoms with van der Waals surface area (Å²) in [4.78, 5) is 7.96. The highest BCUT2D eigenvalue weighted by atomic mass is 15.4. The van der Waals surface area contributed by atoms with Crippen molar-refractivity contribution in [3.63, 3.8) is 0 Å². The summed E-state index contributed by atoms with van der Waals surface area (Å²) in [5.41, 5.74) is 1.29. The summed E-state index contributed by atoms with van der Waals surface area (Å²) in [5.74, 6) is 0. The lowest BCUT2D eigenvalue weighted by molar-refractivity contribution is 0.186. The molecule has 0 spiro atoms. The number of aromatic nitrogens is 1. The minimum absolute atomic E-state index is 0.444. The molecule has 12 heavy (non-hydrogen) atoms. The number of nitrogens with zero attached hydrogens (tertiary/aromatic N) is 2. The van der Waals surface area contributed by atoms with Crippen LogP contribution in [-0.2, 0) is 0 Å². The Bertz CT molecular complexity index is 232. The van der Waals surface area contributed by atoms with E-state index in [1.165, 1.54) is 5.69 Å². The van der Waals surface area contributed by atoms with Gasteiger partial charge in [-0.05, 0) is 26.2 Å². The number of hydrogen-bond acceptors (Lipinski definition) is 2. The van der Waals surface area contributed by atoms with Gasteiger partial charge >= 0.3 is 0 Å². The van der Waals surface area contributed by atoms with Gasteiger partial charge in [0.1, 0.15) is 6.17 Å². The van der Waals surface area contributed by atoms with Gasteiger partial charge in [0.15, 0.2) is 0 Å². The zero-order valence-electron chi connectivity index (χ0n) is 7.62. The summed E-state index contributed by atoms with van der Waals surface area (Å²) < 4.78 is 0. The fourth-order valence-corrected chi connectivity index (χ4v) is 1.88. The van der Waals surface area contributed by atoms with Gasteiger partial charge in [0.2, 0.25) is 0 Å². The highest BCUT2D eigenvalue weighted by molar-refractivity contribution is 5.10. The monoisotopic (exact) mass is 165 g/mol. The second kappa shape index (κ2) is 2.92. The standard InChI is InChI=1S/C9H15N3/c1-11-6-7-12(2)9(11)8-4-3-5-10-8/h3-5,9-10H,6-7H2,1-2H3. The molecule has 0 atom stereocenters. The zero-order valence-corrected chi connectivity index (χ0v) is 7.62. The number of likely N-dealkylation sites (N-methyl/N-ethyl adjacent to an activating group) is 2. The molecule has 0 aliphatic carbocycles. The molecule has 1 saturated heterocycles. The summed E-state index contributed by atoms with van der Waals surface area (Å²) in [5, 5.41) is 0. The maximum atomic E-state index is 3.26. The van der Waals surface area contributed by atoms with E-state index in [0.29, 0.717) is 6.17 Å². The largest absolute Gasteiger partial charge is 0.363 e. The topological polar surface area (TPSA) is 22.3 Å². The fraction of sp³-hybridized carbons (Fsp3) is 0.556. The van der Waals surface area contributed by atoms with Crippen molar-refractivity contribution in [3.8, 4) is 0 Å².